The summed E-state index contributed by atoms with van der Waals surface area (Å²) in [6.07, 6.45) is 0.808. The third-order valence-corrected chi connectivity index (χ3v) is 4.35. The summed E-state index contributed by atoms with van der Waals surface area (Å²) in [6.45, 7) is 4.44. The lowest BCUT2D eigenvalue weighted by Crippen LogP contribution is -2.34. The molecule has 2 N–H and O–H groups in total. The number of hydrogen-bond donors (Lipinski definition) is 2. The third kappa shape index (κ3) is 6.09. The molecule has 0 aliphatic rings. The van der Waals surface area contributed by atoms with Crippen molar-refractivity contribution >= 4 is 23.4 Å². The Labute approximate surface area is 174 Å². The van der Waals surface area contributed by atoms with Gasteiger partial charge in [-0.3, -0.25) is 9.59 Å². The lowest BCUT2D eigenvalue weighted by atomic mass is 10.1. The third-order valence-electron chi connectivity index (χ3n) is 4.07. The summed E-state index contributed by atoms with van der Waals surface area (Å²) in [4.78, 5) is 24.4. The fourth-order valence-corrected chi connectivity index (χ4v) is 2.75. The summed E-state index contributed by atoms with van der Waals surface area (Å²) in [5.74, 6) is -0.470. The highest BCUT2D eigenvalue weighted by atomic mass is 35.5. The molecule has 0 unspecified atom stereocenters. The van der Waals surface area contributed by atoms with Gasteiger partial charge in [0, 0.05) is 24.2 Å². The van der Waals surface area contributed by atoms with Crippen LogP contribution in [0.25, 0.3) is 0 Å². The standard InChI is InChI=1S/C21H24ClFN2O4/c1-4-9-29-19-16(22)10-15(12-18(19)28-3)21(27)25-8-7-24-20(26)14-6-5-13(2)17(23)11-14/h5-6,10-12H,4,7-9H2,1-3H3,(H,24,26)(H,25,27). The van der Waals surface area contributed by atoms with Gasteiger partial charge < -0.3 is 20.1 Å². The number of amides is 2. The molecule has 2 amide bonds. The highest BCUT2D eigenvalue weighted by Gasteiger charge is 2.16. The molecule has 29 heavy (non-hydrogen) atoms. The van der Waals surface area contributed by atoms with Crippen molar-refractivity contribution in [3.63, 3.8) is 0 Å². The van der Waals surface area contributed by atoms with E-state index in [4.69, 9.17) is 21.1 Å². The van der Waals surface area contributed by atoms with Crippen molar-refractivity contribution in [3.8, 4) is 11.5 Å². The zero-order valence-corrected chi connectivity index (χ0v) is 17.4. The van der Waals surface area contributed by atoms with Gasteiger partial charge in [0.2, 0.25) is 0 Å². The highest BCUT2D eigenvalue weighted by Crippen LogP contribution is 2.36. The van der Waals surface area contributed by atoms with Crippen LogP contribution in [0.5, 0.6) is 11.5 Å². The molecule has 0 atom stereocenters. The Hall–Kier alpha value is -2.80. The van der Waals surface area contributed by atoms with Crippen molar-refractivity contribution in [2.75, 3.05) is 26.8 Å². The van der Waals surface area contributed by atoms with Crippen LogP contribution in [0.3, 0.4) is 0 Å². The number of halogens is 2. The zero-order chi connectivity index (χ0) is 21.4. The van der Waals surface area contributed by atoms with Crippen LogP contribution in [0.1, 0.15) is 39.6 Å². The first kappa shape index (κ1) is 22.5. The van der Waals surface area contributed by atoms with Crippen molar-refractivity contribution in [2.45, 2.75) is 20.3 Å². The van der Waals surface area contributed by atoms with Gasteiger partial charge in [-0.25, -0.2) is 4.39 Å². The van der Waals surface area contributed by atoms with E-state index in [-0.39, 0.29) is 29.6 Å². The minimum Gasteiger partial charge on any atom is -0.493 e. The van der Waals surface area contributed by atoms with E-state index in [0.29, 0.717) is 29.2 Å². The van der Waals surface area contributed by atoms with Gasteiger partial charge in [-0.1, -0.05) is 24.6 Å². The molecule has 2 aromatic carbocycles. The monoisotopic (exact) mass is 422 g/mol. The molecule has 156 valence electrons. The lowest BCUT2D eigenvalue weighted by molar-refractivity contribution is 0.0927. The molecular weight excluding hydrogens is 399 g/mol. The van der Waals surface area contributed by atoms with Crippen LogP contribution in [0, 0.1) is 12.7 Å². The summed E-state index contributed by atoms with van der Waals surface area (Å²) in [5.41, 5.74) is 0.996. The van der Waals surface area contributed by atoms with E-state index in [0.717, 1.165) is 6.42 Å². The van der Waals surface area contributed by atoms with E-state index < -0.39 is 11.7 Å². The molecule has 0 heterocycles. The predicted octanol–water partition coefficient (Wildman–Crippen LogP) is 3.74. The van der Waals surface area contributed by atoms with E-state index in [9.17, 15) is 14.0 Å². The topological polar surface area (TPSA) is 76.7 Å². The number of hydrogen-bond acceptors (Lipinski definition) is 4. The molecular formula is C21H24ClFN2O4. The van der Waals surface area contributed by atoms with Crippen molar-refractivity contribution < 1.29 is 23.5 Å². The second-order valence-electron chi connectivity index (χ2n) is 6.31. The number of methoxy groups -OCH3 is 1. The van der Waals surface area contributed by atoms with Crippen molar-refractivity contribution in [2.24, 2.45) is 0 Å². The van der Waals surface area contributed by atoms with Crippen molar-refractivity contribution in [3.05, 3.63) is 57.9 Å². The van der Waals surface area contributed by atoms with E-state index in [1.807, 2.05) is 6.92 Å². The molecule has 0 saturated heterocycles. The summed E-state index contributed by atoms with van der Waals surface area (Å²) in [7, 11) is 1.47. The maximum atomic E-state index is 13.5. The molecule has 2 aromatic rings. The first-order valence-electron chi connectivity index (χ1n) is 9.20. The predicted molar refractivity (Wildman–Crippen MR) is 110 cm³/mol. The average molecular weight is 423 g/mol. The number of carbonyl (C=O) groups excluding carboxylic acids is 2. The zero-order valence-electron chi connectivity index (χ0n) is 16.6. The van der Waals surface area contributed by atoms with Gasteiger partial charge in [0.15, 0.2) is 11.5 Å². The largest absolute Gasteiger partial charge is 0.493 e. The molecule has 0 radical (unpaired) electrons. The van der Waals surface area contributed by atoms with E-state index in [2.05, 4.69) is 10.6 Å². The normalized spacial score (nSPS) is 10.4. The van der Waals surface area contributed by atoms with Crippen LogP contribution in [-0.2, 0) is 0 Å². The molecule has 8 heteroatoms. The first-order chi connectivity index (χ1) is 13.9. The maximum Gasteiger partial charge on any atom is 0.251 e. The fraction of sp³-hybridized carbons (Fsp3) is 0.333. The van der Waals surface area contributed by atoms with Crippen molar-refractivity contribution in [1.29, 1.82) is 0 Å². The van der Waals surface area contributed by atoms with Gasteiger partial charge in [-0.05, 0) is 43.2 Å². The Bertz CT molecular complexity index is 889. The molecule has 0 bridgehead atoms. The van der Waals surface area contributed by atoms with Gasteiger partial charge in [0.25, 0.3) is 11.8 Å². The average Bonchev–Trinajstić information content (AvgIpc) is 2.71. The van der Waals surface area contributed by atoms with Crippen LogP contribution >= 0.6 is 11.6 Å². The van der Waals surface area contributed by atoms with Gasteiger partial charge in [-0.2, -0.15) is 0 Å². The van der Waals surface area contributed by atoms with Gasteiger partial charge >= 0.3 is 0 Å². The number of rotatable bonds is 9. The molecule has 0 spiro atoms. The first-order valence-corrected chi connectivity index (χ1v) is 9.58. The van der Waals surface area contributed by atoms with Gasteiger partial charge in [0.1, 0.15) is 5.82 Å². The highest BCUT2D eigenvalue weighted by molar-refractivity contribution is 6.32. The van der Waals surface area contributed by atoms with Crippen molar-refractivity contribution in [1.82, 2.24) is 10.6 Å². The molecule has 0 aliphatic heterocycles. The molecule has 0 aromatic heterocycles. The van der Waals surface area contributed by atoms with Crippen LogP contribution in [-0.4, -0.2) is 38.6 Å². The van der Waals surface area contributed by atoms with Crippen LogP contribution < -0.4 is 20.1 Å². The van der Waals surface area contributed by atoms with E-state index >= 15 is 0 Å². The minimum atomic E-state index is -0.442. The van der Waals surface area contributed by atoms with Gasteiger partial charge in [0.05, 0.1) is 18.7 Å². The van der Waals surface area contributed by atoms with Crippen LogP contribution in [0.2, 0.25) is 5.02 Å². The number of carbonyl (C=O) groups is 2. The molecule has 0 aliphatic carbocycles. The van der Waals surface area contributed by atoms with Crippen LogP contribution in [0.15, 0.2) is 30.3 Å². The summed E-state index contributed by atoms with van der Waals surface area (Å²) in [6, 6.07) is 7.30. The quantitative estimate of drug-likeness (QED) is 0.603. The summed E-state index contributed by atoms with van der Waals surface area (Å²) >= 11 is 6.22. The van der Waals surface area contributed by atoms with E-state index in [1.54, 1.807) is 19.1 Å². The van der Waals surface area contributed by atoms with Gasteiger partial charge in [-0.15, -0.1) is 0 Å². The Morgan fingerprint density at radius 2 is 1.72 bits per heavy atom. The summed E-state index contributed by atoms with van der Waals surface area (Å²) < 4.78 is 24.4. The minimum absolute atomic E-state index is 0.183. The smallest absolute Gasteiger partial charge is 0.251 e. The number of nitrogens with one attached hydrogen (secondary N) is 2. The number of ether oxygens (including phenoxy) is 2. The Morgan fingerprint density at radius 3 is 2.31 bits per heavy atom. The molecule has 0 saturated carbocycles. The molecule has 6 nitrogen and oxygen atoms in total. The summed E-state index contributed by atoms with van der Waals surface area (Å²) in [5, 5.41) is 5.59. The second-order valence-corrected chi connectivity index (χ2v) is 6.72. The SMILES string of the molecule is CCCOc1c(Cl)cc(C(=O)NCCNC(=O)c2ccc(C)c(F)c2)cc1OC. The second kappa shape index (κ2) is 10.7. The maximum absolute atomic E-state index is 13.5. The Balaban J connectivity index is 1.91. The fourth-order valence-electron chi connectivity index (χ4n) is 2.49. The number of benzene rings is 2. The Kier molecular flexibility index (Phi) is 8.27. The van der Waals surface area contributed by atoms with E-state index in [1.165, 1.54) is 25.3 Å². The Morgan fingerprint density at radius 1 is 1.07 bits per heavy atom. The number of aryl methyl sites for hydroxylation is 1. The lowest BCUT2D eigenvalue weighted by Gasteiger charge is -2.14. The van der Waals surface area contributed by atoms with Crippen LogP contribution in [0.4, 0.5) is 4.39 Å². The molecule has 2 rings (SSSR count). The molecule has 0 fully saturated rings.